The smallest absolute Gasteiger partial charge is 0.238 e. The van der Waals surface area contributed by atoms with Gasteiger partial charge in [-0.2, -0.15) is 0 Å². The molecule has 2 aliphatic carbocycles. The maximum Gasteiger partial charge on any atom is 0.238 e. The lowest BCUT2D eigenvalue weighted by molar-refractivity contribution is -0.125. The maximum atomic E-state index is 12.7. The molecule has 0 saturated heterocycles. The van der Waals surface area contributed by atoms with E-state index in [4.69, 9.17) is 9.57 Å². The number of ether oxygens (including phenoxy) is 1. The third-order valence-electron chi connectivity index (χ3n) is 8.89. The Morgan fingerprint density at radius 1 is 1.34 bits per heavy atom. The second-order valence-corrected chi connectivity index (χ2v) is 14.4. The van der Waals surface area contributed by atoms with Gasteiger partial charge in [-0.05, 0) is 89.9 Å². The Bertz CT molecular complexity index is 1350. The van der Waals surface area contributed by atoms with Crippen molar-refractivity contribution in [1.82, 2.24) is 4.72 Å². The highest BCUT2D eigenvalue weighted by atomic mass is 32.2. The summed E-state index contributed by atoms with van der Waals surface area (Å²) in [5, 5.41) is 15.4. The summed E-state index contributed by atoms with van der Waals surface area (Å²) < 4.78 is 19.7. The Labute approximate surface area is 271 Å². The van der Waals surface area contributed by atoms with Gasteiger partial charge in [0.1, 0.15) is 22.3 Å². The highest BCUT2D eigenvalue weighted by Crippen LogP contribution is 2.55. The lowest BCUT2D eigenvalue weighted by atomic mass is 9.79. The van der Waals surface area contributed by atoms with Crippen molar-refractivity contribution in [2.24, 2.45) is 22.4 Å². The molecule has 242 valence electrons. The van der Waals surface area contributed by atoms with Gasteiger partial charge >= 0.3 is 0 Å². The predicted molar refractivity (Wildman–Crippen MR) is 184 cm³/mol. The van der Waals surface area contributed by atoms with Crippen molar-refractivity contribution in [2.45, 2.75) is 85.4 Å². The molecule has 0 spiro atoms. The van der Waals surface area contributed by atoms with Crippen molar-refractivity contribution >= 4 is 34.4 Å². The number of hydrogen-bond donors (Lipinski definition) is 2. The van der Waals surface area contributed by atoms with Crippen molar-refractivity contribution < 1.29 is 23.7 Å². The van der Waals surface area contributed by atoms with Gasteiger partial charge in [0.15, 0.2) is 0 Å². The van der Waals surface area contributed by atoms with Crippen LogP contribution in [-0.2, 0) is 25.4 Å². The number of nitrogens with one attached hydrogen (secondary N) is 1. The monoisotopic (exact) mass is 642 g/mol. The number of amides is 1. The third kappa shape index (κ3) is 8.55. The molecule has 0 aromatic carbocycles. The Balaban J connectivity index is 1.59. The minimum absolute atomic E-state index is 0.0136. The van der Waals surface area contributed by atoms with Gasteiger partial charge in [-0.15, -0.1) is 11.8 Å². The van der Waals surface area contributed by atoms with E-state index in [0.717, 1.165) is 57.9 Å². The van der Waals surface area contributed by atoms with Gasteiger partial charge in [0.2, 0.25) is 5.91 Å². The van der Waals surface area contributed by atoms with E-state index in [1.54, 1.807) is 18.9 Å². The van der Waals surface area contributed by atoms with Gasteiger partial charge in [-0.1, -0.05) is 54.3 Å². The number of methoxy groups -OCH3 is 1. The third-order valence-corrected chi connectivity index (χ3v) is 10.8. The molecule has 7 nitrogen and oxygen atoms in total. The fraction of sp³-hybridized carbons (Fsp3) is 0.543. The molecule has 0 radical (unpaired) electrons. The van der Waals surface area contributed by atoms with Crippen LogP contribution in [0, 0.1) is 17.3 Å². The largest absolute Gasteiger partial charge is 0.496 e. The van der Waals surface area contributed by atoms with E-state index in [1.807, 2.05) is 40.7 Å². The zero-order valence-corrected chi connectivity index (χ0v) is 29.2. The number of rotatable bonds is 15. The second kappa shape index (κ2) is 15.6. The summed E-state index contributed by atoms with van der Waals surface area (Å²) in [5.74, 6) is 1.32. The van der Waals surface area contributed by atoms with Gasteiger partial charge in [-0.3, -0.25) is 9.52 Å². The number of oxime groups is 1. The molecule has 44 heavy (non-hydrogen) atoms. The standard InChI is InChI=1S/C35H50N2O5S2/c1-10-26(27-14-16-28(17-15-27)35(19-20-35)33(39)37-44(9)40)13-12-18-34(7)30(25(6)36-42-34)21-29(38)22-43-31(11-2)24(5)32(41-8)23(3)4/h10-16,28-30,38H,3,17-22H2,1-2,4-9H3,(H,37,39)/b13-12-,26-10+,31-11+,32-24+/t28?,29-,30+,34?,44?/m1/s1. The Morgan fingerprint density at radius 3 is 2.57 bits per heavy atom. The van der Waals surface area contributed by atoms with Crippen LogP contribution in [0.2, 0.25) is 0 Å². The minimum atomic E-state index is -1.35. The van der Waals surface area contributed by atoms with Crippen molar-refractivity contribution in [3.8, 4) is 0 Å². The molecule has 1 amide bonds. The maximum absolute atomic E-state index is 12.7. The van der Waals surface area contributed by atoms with Crippen LogP contribution in [0.5, 0.6) is 0 Å². The average Bonchev–Trinajstić information content (AvgIpc) is 3.75. The van der Waals surface area contributed by atoms with Crippen LogP contribution >= 0.6 is 11.8 Å². The minimum Gasteiger partial charge on any atom is -0.496 e. The summed E-state index contributed by atoms with van der Waals surface area (Å²) in [6.45, 7) is 16.0. The van der Waals surface area contributed by atoms with Crippen molar-refractivity contribution in [3.63, 3.8) is 0 Å². The summed E-state index contributed by atoms with van der Waals surface area (Å²) in [6.07, 6.45) is 19.4. The highest BCUT2D eigenvalue weighted by molar-refractivity contribution is 8.03. The van der Waals surface area contributed by atoms with Gasteiger partial charge in [-0.25, -0.2) is 4.21 Å². The number of hydrogen-bond acceptors (Lipinski definition) is 7. The molecule has 2 N–H and O–H groups in total. The Hall–Kier alpha value is -2.62. The van der Waals surface area contributed by atoms with Gasteiger partial charge in [0.05, 0.1) is 24.3 Å². The number of aliphatic hydroxyl groups excluding tert-OH is 1. The molecular weight excluding hydrogens is 593 g/mol. The summed E-state index contributed by atoms with van der Waals surface area (Å²) in [4.78, 5) is 19.7. The summed E-state index contributed by atoms with van der Waals surface area (Å²) in [5.41, 5.74) is 4.02. The van der Waals surface area contributed by atoms with E-state index in [0.29, 0.717) is 18.6 Å². The molecule has 0 bridgehead atoms. The molecule has 0 aromatic heterocycles. The zero-order chi connectivity index (χ0) is 32.7. The summed E-state index contributed by atoms with van der Waals surface area (Å²) in [7, 11) is 0.303. The van der Waals surface area contributed by atoms with Crippen LogP contribution in [0.15, 0.2) is 87.2 Å². The van der Waals surface area contributed by atoms with Crippen molar-refractivity contribution in [3.05, 3.63) is 82.1 Å². The molecule has 3 unspecified atom stereocenters. The first-order valence-corrected chi connectivity index (χ1v) is 17.8. The number of carbonyl (C=O) groups excluding carboxylic acids is 1. The van der Waals surface area contributed by atoms with E-state index in [1.165, 1.54) is 6.26 Å². The summed E-state index contributed by atoms with van der Waals surface area (Å²) in [6, 6.07) is 0. The highest BCUT2D eigenvalue weighted by Gasteiger charge is 2.54. The van der Waals surface area contributed by atoms with Crippen LogP contribution < -0.4 is 4.72 Å². The van der Waals surface area contributed by atoms with E-state index in [-0.39, 0.29) is 17.7 Å². The fourth-order valence-electron chi connectivity index (χ4n) is 6.19. The normalized spacial score (nSPS) is 26.8. The van der Waals surface area contributed by atoms with Crippen LogP contribution in [-0.4, -0.2) is 51.8 Å². The first-order valence-electron chi connectivity index (χ1n) is 15.3. The fourth-order valence-corrected chi connectivity index (χ4v) is 7.64. The predicted octanol–water partition coefficient (Wildman–Crippen LogP) is 7.24. The van der Waals surface area contributed by atoms with E-state index in [2.05, 4.69) is 59.8 Å². The van der Waals surface area contributed by atoms with Crippen molar-refractivity contribution in [2.75, 3.05) is 19.1 Å². The second-order valence-electron chi connectivity index (χ2n) is 12.2. The lowest BCUT2D eigenvalue weighted by Gasteiger charge is -2.30. The van der Waals surface area contributed by atoms with E-state index < -0.39 is 28.1 Å². The van der Waals surface area contributed by atoms with Gasteiger partial charge in [0.25, 0.3) is 0 Å². The average molecular weight is 643 g/mol. The van der Waals surface area contributed by atoms with E-state index in [9.17, 15) is 14.1 Å². The Kier molecular flexibility index (Phi) is 12.7. The molecule has 0 aromatic rings. The van der Waals surface area contributed by atoms with Crippen LogP contribution in [0.1, 0.15) is 73.6 Å². The topological polar surface area (TPSA) is 97.2 Å². The molecule has 1 heterocycles. The Morgan fingerprint density at radius 2 is 2.05 bits per heavy atom. The first kappa shape index (κ1) is 35.9. The molecule has 1 aliphatic heterocycles. The summed E-state index contributed by atoms with van der Waals surface area (Å²) >= 11 is 1.62. The molecule has 5 atom stereocenters. The molecule has 1 saturated carbocycles. The first-order chi connectivity index (χ1) is 20.8. The molecular formula is C35H50N2O5S2. The molecule has 9 heteroatoms. The SMILES string of the molecule is C=C(C)/C(OC)=C(C)\C(=C/C)SC[C@H](O)C[C@H]1C(C)=NOC1(C)C/C=C\C(=C/C)C1=CCC(C2(C(=O)NS(C)=O)CC2)C=C1. The number of thioether (sulfide) groups is 1. The molecule has 3 rings (SSSR count). The zero-order valence-electron chi connectivity index (χ0n) is 27.6. The number of nitrogens with zero attached hydrogens (tertiary/aromatic N) is 1. The van der Waals surface area contributed by atoms with Crippen molar-refractivity contribution in [1.29, 1.82) is 0 Å². The number of allylic oxidation sites excluding steroid dienone is 10. The lowest BCUT2D eigenvalue weighted by Crippen LogP contribution is -2.37. The number of aliphatic hydroxyl groups is 1. The van der Waals surface area contributed by atoms with Crippen LogP contribution in [0.4, 0.5) is 0 Å². The van der Waals surface area contributed by atoms with Gasteiger partial charge in [0, 0.05) is 34.8 Å². The van der Waals surface area contributed by atoms with E-state index >= 15 is 0 Å². The van der Waals surface area contributed by atoms with Crippen LogP contribution in [0.3, 0.4) is 0 Å². The molecule has 3 aliphatic rings. The van der Waals surface area contributed by atoms with Crippen LogP contribution in [0.25, 0.3) is 0 Å². The van der Waals surface area contributed by atoms with Gasteiger partial charge < -0.3 is 14.7 Å². The molecule has 1 fully saturated rings. The number of carbonyl (C=O) groups is 1. The quantitative estimate of drug-likeness (QED) is 0.144.